The molecule has 0 saturated heterocycles. The van der Waals surface area contributed by atoms with Crippen LogP contribution >= 0.6 is 0 Å². The second kappa shape index (κ2) is 12.9. The Morgan fingerprint density at radius 2 is 1.45 bits per heavy atom. The molecule has 0 unspecified atom stereocenters. The third kappa shape index (κ3) is 8.55. The lowest BCUT2D eigenvalue weighted by Gasteiger charge is -2.10. The number of hydrogen-bond donors (Lipinski definition) is 0. The SMILES string of the molecule is FC(F)(F)Cc1nnc2cnc(-c3ccc(OC(F)(F)F)cc3)cn12.Fc1cc(-c2ccc3nnc(C4(F)CC4)n3n2)cnc1OCC(F)(F)F. The van der Waals surface area contributed by atoms with Gasteiger partial charge in [-0.15, -0.1) is 33.6 Å². The maximum Gasteiger partial charge on any atom is 0.573 e. The number of fused-ring (bicyclic) bond motifs is 2. The lowest BCUT2D eigenvalue weighted by atomic mass is 10.1. The summed E-state index contributed by atoms with van der Waals surface area (Å²) in [6.45, 7) is -1.65. The van der Waals surface area contributed by atoms with Crippen LogP contribution in [-0.2, 0) is 12.1 Å². The van der Waals surface area contributed by atoms with Gasteiger partial charge in [0.2, 0.25) is 0 Å². The summed E-state index contributed by atoms with van der Waals surface area (Å²) in [4.78, 5) is 7.58. The van der Waals surface area contributed by atoms with E-state index in [9.17, 15) is 48.3 Å². The van der Waals surface area contributed by atoms with Crippen molar-refractivity contribution in [3.05, 3.63) is 78.5 Å². The first-order valence-corrected chi connectivity index (χ1v) is 14.3. The molecular formula is C29H18F11N9O2. The van der Waals surface area contributed by atoms with Crippen LogP contribution in [0.2, 0.25) is 0 Å². The molecular weight excluding hydrogens is 715 g/mol. The quantitative estimate of drug-likeness (QED) is 0.160. The molecule has 268 valence electrons. The number of alkyl halides is 10. The molecule has 1 aromatic carbocycles. The molecule has 0 atom stereocenters. The molecule has 6 aromatic rings. The number of hydrogen-bond acceptors (Lipinski definition) is 9. The minimum absolute atomic E-state index is 0.0629. The van der Waals surface area contributed by atoms with Gasteiger partial charge in [0.25, 0.3) is 5.88 Å². The molecule has 0 N–H and O–H groups in total. The summed E-state index contributed by atoms with van der Waals surface area (Å²) in [6, 6.07) is 8.75. The Labute approximate surface area is 276 Å². The molecule has 1 aliphatic carbocycles. The zero-order valence-corrected chi connectivity index (χ0v) is 25.1. The number of pyridine rings is 1. The van der Waals surface area contributed by atoms with Crippen molar-refractivity contribution in [3.63, 3.8) is 0 Å². The van der Waals surface area contributed by atoms with Crippen molar-refractivity contribution in [2.24, 2.45) is 0 Å². The summed E-state index contributed by atoms with van der Waals surface area (Å²) in [6.07, 6.45) is -10.9. The van der Waals surface area contributed by atoms with Crippen molar-refractivity contribution >= 4 is 11.3 Å². The predicted octanol–water partition coefficient (Wildman–Crippen LogP) is 7.02. The molecule has 1 aliphatic rings. The lowest BCUT2D eigenvalue weighted by molar-refractivity contribution is -0.274. The molecule has 51 heavy (non-hydrogen) atoms. The van der Waals surface area contributed by atoms with Crippen molar-refractivity contribution in [1.82, 2.24) is 44.4 Å². The van der Waals surface area contributed by atoms with E-state index >= 15 is 0 Å². The van der Waals surface area contributed by atoms with E-state index < -0.39 is 54.9 Å². The Bertz CT molecular complexity index is 2180. The van der Waals surface area contributed by atoms with E-state index in [0.717, 1.165) is 28.8 Å². The fourth-order valence-electron chi connectivity index (χ4n) is 4.50. The van der Waals surface area contributed by atoms with Crippen LogP contribution < -0.4 is 9.47 Å². The fourth-order valence-corrected chi connectivity index (χ4v) is 4.50. The van der Waals surface area contributed by atoms with E-state index in [4.69, 9.17) is 0 Å². The number of rotatable bonds is 7. The number of aromatic nitrogens is 9. The summed E-state index contributed by atoms with van der Waals surface area (Å²) in [5.74, 6) is -2.50. The van der Waals surface area contributed by atoms with Gasteiger partial charge >= 0.3 is 18.7 Å². The molecule has 11 nitrogen and oxygen atoms in total. The van der Waals surface area contributed by atoms with Gasteiger partial charge in [-0.25, -0.2) is 13.8 Å². The standard InChI is InChI=1S/C15H10F5N5O.C14H8F6N4O/c16-9-5-8(6-21-12(9)26-7-15(18,19)20)10-1-2-11-22-23-13(25(11)24-10)14(17)3-4-14;15-13(16,17)5-11-22-23-12-6-21-10(7-24(11)12)8-1-3-9(4-2-8)25-14(18,19)20/h1-2,5-6H,3-4,7H2;1-4,6-7H,5H2. The molecule has 0 radical (unpaired) electrons. The van der Waals surface area contributed by atoms with Gasteiger partial charge in [-0.05, 0) is 55.3 Å². The van der Waals surface area contributed by atoms with Gasteiger partial charge in [-0.3, -0.25) is 9.38 Å². The molecule has 0 bridgehead atoms. The molecule has 0 spiro atoms. The van der Waals surface area contributed by atoms with Crippen molar-refractivity contribution in [2.75, 3.05) is 6.61 Å². The second-order valence-electron chi connectivity index (χ2n) is 10.9. The molecule has 0 aliphatic heterocycles. The van der Waals surface area contributed by atoms with Crippen LogP contribution in [0.15, 0.2) is 61.1 Å². The van der Waals surface area contributed by atoms with Crippen LogP contribution in [0.4, 0.5) is 48.3 Å². The number of nitrogens with zero attached hydrogens (tertiary/aromatic N) is 9. The first kappa shape index (κ1) is 35.1. The maximum absolute atomic E-state index is 14.3. The molecule has 5 aromatic heterocycles. The summed E-state index contributed by atoms with van der Waals surface area (Å²) < 4.78 is 149. The van der Waals surface area contributed by atoms with Gasteiger partial charge in [0.15, 0.2) is 35.2 Å². The van der Waals surface area contributed by atoms with Gasteiger partial charge in [0.1, 0.15) is 18.0 Å². The normalized spacial score (nSPS) is 14.3. The van der Waals surface area contributed by atoms with E-state index in [0.29, 0.717) is 24.1 Å². The summed E-state index contributed by atoms with van der Waals surface area (Å²) in [7, 11) is 0. The molecule has 5 heterocycles. The predicted molar refractivity (Wildman–Crippen MR) is 150 cm³/mol. The highest BCUT2D eigenvalue weighted by Gasteiger charge is 2.49. The highest BCUT2D eigenvalue weighted by molar-refractivity contribution is 5.61. The Balaban J connectivity index is 0.000000176. The zero-order chi connectivity index (χ0) is 36.8. The van der Waals surface area contributed by atoms with Crippen LogP contribution in [0.3, 0.4) is 0 Å². The van der Waals surface area contributed by atoms with Gasteiger partial charge in [0.05, 0.1) is 17.6 Å². The second-order valence-corrected chi connectivity index (χ2v) is 10.9. The van der Waals surface area contributed by atoms with Crippen molar-refractivity contribution in [1.29, 1.82) is 0 Å². The topological polar surface area (TPSA) is 118 Å². The van der Waals surface area contributed by atoms with E-state index in [1.807, 2.05) is 0 Å². The Kier molecular flexibility index (Phi) is 8.87. The minimum atomic E-state index is -4.81. The van der Waals surface area contributed by atoms with Crippen LogP contribution in [0.1, 0.15) is 24.5 Å². The molecule has 7 rings (SSSR count). The third-order valence-electron chi connectivity index (χ3n) is 6.93. The van der Waals surface area contributed by atoms with Gasteiger partial charge in [0, 0.05) is 23.5 Å². The van der Waals surface area contributed by atoms with Gasteiger partial charge in [-0.1, -0.05) is 0 Å². The summed E-state index contributed by atoms with van der Waals surface area (Å²) in [5, 5.41) is 18.9. The molecule has 1 fully saturated rings. The minimum Gasteiger partial charge on any atom is -0.466 e. The number of ether oxygens (including phenoxy) is 2. The summed E-state index contributed by atoms with van der Waals surface area (Å²) in [5.41, 5.74) is -0.0589. The Hall–Kier alpha value is -5.70. The average Bonchev–Trinajstić information content (AvgIpc) is 3.45. The fraction of sp³-hybridized carbons (Fsp3) is 0.276. The zero-order valence-electron chi connectivity index (χ0n) is 25.1. The lowest BCUT2D eigenvalue weighted by Crippen LogP contribution is -2.20. The largest absolute Gasteiger partial charge is 0.573 e. The van der Waals surface area contributed by atoms with Crippen molar-refractivity contribution < 1.29 is 57.8 Å². The van der Waals surface area contributed by atoms with Gasteiger partial charge in [-0.2, -0.15) is 36.0 Å². The van der Waals surface area contributed by atoms with Crippen LogP contribution in [0, 0.1) is 5.82 Å². The highest BCUT2D eigenvalue weighted by atomic mass is 19.4. The van der Waals surface area contributed by atoms with E-state index in [2.05, 4.69) is 44.9 Å². The third-order valence-corrected chi connectivity index (χ3v) is 6.93. The molecule has 0 amide bonds. The van der Waals surface area contributed by atoms with Crippen molar-refractivity contribution in [3.8, 4) is 34.1 Å². The van der Waals surface area contributed by atoms with Crippen LogP contribution in [-0.4, -0.2) is 69.7 Å². The average molecular weight is 734 g/mol. The first-order chi connectivity index (χ1) is 23.9. The summed E-state index contributed by atoms with van der Waals surface area (Å²) >= 11 is 0. The number of benzene rings is 1. The number of halogens is 11. The smallest absolute Gasteiger partial charge is 0.466 e. The Morgan fingerprint density at radius 1 is 0.745 bits per heavy atom. The maximum atomic E-state index is 14.3. The first-order valence-electron chi connectivity index (χ1n) is 14.3. The van der Waals surface area contributed by atoms with Crippen LogP contribution in [0.25, 0.3) is 33.8 Å². The van der Waals surface area contributed by atoms with E-state index in [1.54, 1.807) is 0 Å². The highest BCUT2D eigenvalue weighted by Crippen LogP contribution is 2.48. The van der Waals surface area contributed by atoms with E-state index in [1.165, 1.54) is 41.2 Å². The van der Waals surface area contributed by atoms with Gasteiger partial charge < -0.3 is 9.47 Å². The molecule has 22 heteroatoms. The van der Waals surface area contributed by atoms with Crippen molar-refractivity contribution in [2.45, 2.75) is 43.6 Å². The molecule has 1 saturated carbocycles. The Morgan fingerprint density at radius 3 is 2.08 bits per heavy atom. The monoisotopic (exact) mass is 733 g/mol. The van der Waals surface area contributed by atoms with E-state index in [-0.39, 0.29) is 34.2 Å². The van der Waals surface area contributed by atoms with Crippen LogP contribution in [0.5, 0.6) is 11.6 Å².